The van der Waals surface area contributed by atoms with Gasteiger partial charge in [0.2, 0.25) is 0 Å². The molecule has 0 aliphatic rings. The SMILES string of the molecule is C=C[C@H](C)[C@H](C)COC(C)=O. The number of hydrogen-bond donors (Lipinski definition) is 0. The number of allylic oxidation sites excluding steroid dienone is 1. The van der Waals surface area contributed by atoms with Crippen LogP contribution in [-0.2, 0) is 9.53 Å². The van der Waals surface area contributed by atoms with Crippen molar-refractivity contribution in [1.82, 2.24) is 0 Å². The van der Waals surface area contributed by atoms with Gasteiger partial charge in [-0.15, -0.1) is 6.58 Å². The van der Waals surface area contributed by atoms with E-state index in [0.29, 0.717) is 18.4 Å². The van der Waals surface area contributed by atoms with Crippen molar-refractivity contribution in [3.05, 3.63) is 12.7 Å². The monoisotopic (exact) mass is 156 g/mol. The van der Waals surface area contributed by atoms with E-state index in [-0.39, 0.29) is 5.97 Å². The Hall–Kier alpha value is -0.790. The number of carbonyl (C=O) groups excluding carboxylic acids is 1. The summed E-state index contributed by atoms with van der Waals surface area (Å²) in [6, 6.07) is 0. The highest BCUT2D eigenvalue weighted by Gasteiger charge is 2.09. The summed E-state index contributed by atoms with van der Waals surface area (Å²) in [6.07, 6.45) is 1.87. The van der Waals surface area contributed by atoms with E-state index in [1.807, 2.05) is 13.0 Å². The molecule has 0 aromatic rings. The van der Waals surface area contributed by atoms with Crippen LogP contribution in [0, 0.1) is 11.8 Å². The molecule has 0 bridgehead atoms. The predicted octanol–water partition coefficient (Wildman–Crippen LogP) is 2.01. The Morgan fingerprint density at radius 3 is 2.55 bits per heavy atom. The number of carbonyl (C=O) groups is 1. The lowest BCUT2D eigenvalue weighted by molar-refractivity contribution is -0.142. The average Bonchev–Trinajstić information content (AvgIpc) is 1.98. The third-order valence-electron chi connectivity index (χ3n) is 1.82. The van der Waals surface area contributed by atoms with Gasteiger partial charge in [-0.1, -0.05) is 19.9 Å². The Bertz CT molecular complexity index is 140. The second-order valence-electron chi connectivity index (χ2n) is 2.87. The molecule has 0 aliphatic heterocycles. The highest BCUT2D eigenvalue weighted by atomic mass is 16.5. The van der Waals surface area contributed by atoms with Gasteiger partial charge in [-0.05, 0) is 11.8 Å². The quantitative estimate of drug-likeness (QED) is 0.459. The summed E-state index contributed by atoms with van der Waals surface area (Å²) in [7, 11) is 0. The first kappa shape index (κ1) is 10.2. The smallest absolute Gasteiger partial charge is 0.302 e. The van der Waals surface area contributed by atoms with Gasteiger partial charge in [-0.25, -0.2) is 0 Å². The van der Waals surface area contributed by atoms with Crippen molar-refractivity contribution in [2.45, 2.75) is 20.8 Å². The Labute approximate surface area is 68.2 Å². The lowest BCUT2D eigenvalue weighted by Gasteiger charge is -2.15. The van der Waals surface area contributed by atoms with Crippen molar-refractivity contribution >= 4 is 5.97 Å². The number of hydrogen-bond acceptors (Lipinski definition) is 2. The fraction of sp³-hybridized carbons (Fsp3) is 0.667. The Morgan fingerprint density at radius 2 is 2.18 bits per heavy atom. The molecule has 0 aromatic carbocycles. The fourth-order valence-electron chi connectivity index (χ4n) is 0.633. The summed E-state index contributed by atoms with van der Waals surface area (Å²) in [5.74, 6) is 0.541. The molecular formula is C9H16O2. The minimum absolute atomic E-state index is 0.215. The molecule has 2 nitrogen and oxygen atoms in total. The van der Waals surface area contributed by atoms with Crippen LogP contribution in [0.5, 0.6) is 0 Å². The minimum Gasteiger partial charge on any atom is -0.466 e. The molecule has 64 valence electrons. The molecule has 0 saturated carbocycles. The average molecular weight is 156 g/mol. The molecule has 0 saturated heterocycles. The summed E-state index contributed by atoms with van der Waals surface area (Å²) in [5.41, 5.74) is 0. The topological polar surface area (TPSA) is 26.3 Å². The van der Waals surface area contributed by atoms with Gasteiger partial charge in [0, 0.05) is 6.92 Å². The van der Waals surface area contributed by atoms with Crippen molar-refractivity contribution in [2.75, 3.05) is 6.61 Å². The number of esters is 1. The van der Waals surface area contributed by atoms with Crippen molar-refractivity contribution in [1.29, 1.82) is 0 Å². The fourth-order valence-corrected chi connectivity index (χ4v) is 0.633. The van der Waals surface area contributed by atoms with Gasteiger partial charge in [0.1, 0.15) is 0 Å². The van der Waals surface area contributed by atoms with Gasteiger partial charge < -0.3 is 4.74 Å². The van der Waals surface area contributed by atoms with Crippen LogP contribution in [0.25, 0.3) is 0 Å². The lowest BCUT2D eigenvalue weighted by Crippen LogP contribution is -2.14. The first-order valence-corrected chi connectivity index (χ1v) is 3.83. The van der Waals surface area contributed by atoms with Gasteiger partial charge >= 0.3 is 5.97 Å². The van der Waals surface area contributed by atoms with E-state index in [0.717, 1.165) is 0 Å². The Balaban J connectivity index is 3.59. The van der Waals surface area contributed by atoms with E-state index in [2.05, 4.69) is 13.5 Å². The van der Waals surface area contributed by atoms with Crippen molar-refractivity contribution in [2.24, 2.45) is 11.8 Å². The summed E-state index contributed by atoms with van der Waals surface area (Å²) >= 11 is 0. The van der Waals surface area contributed by atoms with Gasteiger partial charge in [0.05, 0.1) is 6.61 Å². The zero-order chi connectivity index (χ0) is 8.85. The van der Waals surface area contributed by atoms with E-state index >= 15 is 0 Å². The van der Waals surface area contributed by atoms with E-state index in [1.54, 1.807) is 0 Å². The lowest BCUT2D eigenvalue weighted by atomic mass is 9.97. The summed E-state index contributed by atoms with van der Waals surface area (Å²) in [4.78, 5) is 10.4. The zero-order valence-electron chi connectivity index (χ0n) is 7.46. The van der Waals surface area contributed by atoms with E-state index in [9.17, 15) is 4.79 Å². The predicted molar refractivity (Wildman–Crippen MR) is 45.2 cm³/mol. The Morgan fingerprint density at radius 1 is 1.64 bits per heavy atom. The van der Waals surface area contributed by atoms with Crippen LogP contribution in [0.15, 0.2) is 12.7 Å². The highest BCUT2D eigenvalue weighted by Crippen LogP contribution is 2.11. The van der Waals surface area contributed by atoms with Crippen LogP contribution in [0.3, 0.4) is 0 Å². The molecule has 0 heterocycles. The molecule has 0 N–H and O–H groups in total. The van der Waals surface area contributed by atoms with Gasteiger partial charge in [0.15, 0.2) is 0 Å². The molecule has 0 rings (SSSR count). The second kappa shape index (κ2) is 4.94. The molecular weight excluding hydrogens is 140 g/mol. The zero-order valence-corrected chi connectivity index (χ0v) is 7.46. The van der Waals surface area contributed by atoms with Gasteiger partial charge in [-0.3, -0.25) is 4.79 Å². The molecule has 11 heavy (non-hydrogen) atoms. The molecule has 0 radical (unpaired) electrons. The van der Waals surface area contributed by atoms with Crippen LogP contribution in [-0.4, -0.2) is 12.6 Å². The normalized spacial score (nSPS) is 15.2. The number of rotatable bonds is 4. The van der Waals surface area contributed by atoms with Crippen molar-refractivity contribution in [3.8, 4) is 0 Å². The van der Waals surface area contributed by atoms with Crippen LogP contribution in [0.1, 0.15) is 20.8 Å². The van der Waals surface area contributed by atoms with Crippen LogP contribution >= 0.6 is 0 Å². The molecule has 0 unspecified atom stereocenters. The molecule has 0 fully saturated rings. The third-order valence-corrected chi connectivity index (χ3v) is 1.82. The third kappa shape index (κ3) is 4.59. The largest absolute Gasteiger partial charge is 0.466 e. The maximum atomic E-state index is 10.4. The molecule has 0 amide bonds. The molecule has 2 heteroatoms. The standard InChI is InChI=1S/C9H16O2/c1-5-7(2)8(3)6-11-9(4)10/h5,7-8H,1,6H2,2-4H3/t7-,8+/m0/s1. The summed E-state index contributed by atoms with van der Waals surface area (Å²) in [6.45, 7) is 9.67. The molecule has 0 spiro atoms. The van der Waals surface area contributed by atoms with E-state index < -0.39 is 0 Å². The summed E-state index contributed by atoms with van der Waals surface area (Å²) in [5, 5.41) is 0. The first-order valence-electron chi connectivity index (χ1n) is 3.83. The Kier molecular flexibility index (Phi) is 4.59. The maximum Gasteiger partial charge on any atom is 0.302 e. The molecule has 2 atom stereocenters. The van der Waals surface area contributed by atoms with Crippen molar-refractivity contribution in [3.63, 3.8) is 0 Å². The second-order valence-corrected chi connectivity index (χ2v) is 2.87. The minimum atomic E-state index is -0.215. The van der Waals surface area contributed by atoms with Crippen molar-refractivity contribution < 1.29 is 9.53 Å². The van der Waals surface area contributed by atoms with Crippen LogP contribution in [0.4, 0.5) is 0 Å². The van der Waals surface area contributed by atoms with Crippen LogP contribution < -0.4 is 0 Å². The van der Waals surface area contributed by atoms with Crippen LogP contribution in [0.2, 0.25) is 0 Å². The highest BCUT2D eigenvalue weighted by molar-refractivity contribution is 5.65. The maximum absolute atomic E-state index is 10.4. The first-order chi connectivity index (χ1) is 5.07. The van der Waals surface area contributed by atoms with Gasteiger partial charge in [0.25, 0.3) is 0 Å². The molecule has 0 aliphatic carbocycles. The number of ether oxygens (including phenoxy) is 1. The van der Waals surface area contributed by atoms with E-state index in [1.165, 1.54) is 6.92 Å². The van der Waals surface area contributed by atoms with Gasteiger partial charge in [-0.2, -0.15) is 0 Å². The summed E-state index contributed by atoms with van der Waals surface area (Å²) < 4.78 is 4.84. The van der Waals surface area contributed by atoms with E-state index in [4.69, 9.17) is 4.74 Å². The molecule has 0 aromatic heterocycles.